The van der Waals surface area contributed by atoms with Gasteiger partial charge in [-0.3, -0.25) is 9.79 Å². The molecule has 0 aliphatic carbocycles. The second kappa shape index (κ2) is 9.27. The molecule has 0 amide bonds. The number of guanidine groups is 1. The number of carboxylic acid groups (broad SMARTS) is 1. The molecule has 0 aromatic heterocycles. The van der Waals surface area contributed by atoms with Crippen LogP contribution in [0.15, 0.2) is 4.99 Å². The molecule has 122 valence electrons. The third-order valence-corrected chi connectivity index (χ3v) is 3.15. The number of Topliss-reactive ketones (excluding diaryl/α,β-unsaturated/α-hetero) is 1. The van der Waals surface area contributed by atoms with Crippen molar-refractivity contribution < 1.29 is 14.7 Å². The number of carboxylic acids is 1. The maximum Gasteiger partial charge on any atom is 0.331 e. The topological polar surface area (TPSA) is 197 Å². The predicted octanol–water partition coefficient (Wildman–Crippen LogP) is -2.15. The summed E-state index contributed by atoms with van der Waals surface area (Å²) in [6, 6.07) is -0.916. The molecule has 9 heteroatoms. The Hall–Kier alpha value is -1.71. The highest BCUT2D eigenvalue weighted by atomic mass is 16.4. The standard InChI is InChI=1S/C12H26N6O3/c13-6-2-1-4-8(14)9(19)12(17,10(20)21)5-3-7-18-11(15)16/h8H,1-7,13-14,17H2,(H,20,21)(H4,15,16,18)/t8-,12+/m0/s1. The summed E-state index contributed by atoms with van der Waals surface area (Å²) in [4.78, 5) is 27.2. The Morgan fingerprint density at radius 1 is 1.19 bits per heavy atom. The largest absolute Gasteiger partial charge is 0.480 e. The Morgan fingerprint density at radius 3 is 2.29 bits per heavy atom. The highest BCUT2D eigenvalue weighted by Gasteiger charge is 2.43. The lowest BCUT2D eigenvalue weighted by Crippen LogP contribution is -2.60. The molecule has 0 rings (SSSR count). The monoisotopic (exact) mass is 302 g/mol. The molecule has 21 heavy (non-hydrogen) atoms. The quantitative estimate of drug-likeness (QED) is 0.107. The maximum absolute atomic E-state index is 12.2. The summed E-state index contributed by atoms with van der Waals surface area (Å²) in [6.07, 6.45) is 1.91. The molecule has 0 aromatic carbocycles. The first-order valence-corrected chi connectivity index (χ1v) is 6.83. The van der Waals surface area contributed by atoms with Gasteiger partial charge < -0.3 is 33.8 Å². The lowest BCUT2D eigenvalue weighted by molar-refractivity contribution is -0.149. The minimum atomic E-state index is -2.01. The van der Waals surface area contributed by atoms with Crippen molar-refractivity contribution in [3.05, 3.63) is 0 Å². The molecule has 0 saturated heterocycles. The highest BCUT2D eigenvalue weighted by molar-refractivity contribution is 6.09. The molecular weight excluding hydrogens is 276 g/mol. The highest BCUT2D eigenvalue weighted by Crippen LogP contribution is 2.16. The van der Waals surface area contributed by atoms with Gasteiger partial charge in [-0.15, -0.1) is 0 Å². The zero-order valence-electron chi connectivity index (χ0n) is 12.1. The molecule has 0 radical (unpaired) electrons. The van der Waals surface area contributed by atoms with Crippen LogP contribution in [0.3, 0.4) is 0 Å². The van der Waals surface area contributed by atoms with Crippen molar-refractivity contribution in [1.29, 1.82) is 0 Å². The zero-order chi connectivity index (χ0) is 16.5. The second-order valence-corrected chi connectivity index (χ2v) is 4.94. The molecule has 11 N–H and O–H groups in total. The van der Waals surface area contributed by atoms with Gasteiger partial charge in [0.1, 0.15) is 0 Å². The van der Waals surface area contributed by atoms with Crippen LogP contribution in [0.4, 0.5) is 0 Å². The van der Waals surface area contributed by atoms with Crippen LogP contribution >= 0.6 is 0 Å². The SMILES string of the molecule is NCCCC[C@H](N)C(=O)[C@](N)(CCCN=C(N)N)C(=O)O. The first-order valence-electron chi connectivity index (χ1n) is 6.83. The van der Waals surface area contributed by atoms with E-state index in [1.54, 1.807) is 0 Å². The Labute approximate surface area is 123 Å². The van der Waals surface area contributed by atoms with Gasteiger partial charge in [0, 0.05) is 6.54 Å². The van der Waals surface area contributed by atoms with E-state index in [2.05, 4.69) is 4.99 Å². The molecule has 0 bridgehead atoms. The fraction of sp³-hybridized carbons (Fsp3) is 0.750. The number of carbonyl (C=O) groups is 2. The number of hydrogen-bond donors (Lipinski definition) is 6. The molecule has 0 saturated carbocycles. The van der Waals surface area contributed by atoms with Gasteiger partial charge >= 0.3 is 5.97 Å². The lowest BCUT2D eigenvalue weighted by Gasteiger charge is -2.26. The van der Waals surface area contributed by atoms with Gasteiger partial charge in [-0.05, 0) is 32.2 Å². The summed E-state index contributed by atoms with van der Waals surface area (Å²) in [6.45, 7) is 0.691. The van der Waals surface area contributed by atoms with Crippen molar-refractivity contribution in [2.75, 3.05) is 13.1 Å². The fourth-order valence-electron chi connectivity index (χ4n) is 1.87. The van der Waals surface area contributed by atoms with E-state index in [1.807, 2.05) is 0 Å². The van der Waals surface area contributed by atoms with Gasteiger partial charge in [-0.25, -0.2) is 4.79 Å². The Morgan fingerprint density at radius 2 is 1.81 bits per heavy atom. The Balaban J connectivity index is 4.65. The maximum atomic E-state index is 12.2. The van der Waals surface area contributed by atoms with Crippen LogP contribution in [0, 0.1) is 0 Å². The smallest absolute Gasteiger partial charge is 0.331 e. The molecule has 0 fully saturated rings. The molecule has 0 aliphatic heterocycles. The molecule has 2 atom stereocenters. The van der Waals surface area contributed by atoms with Gasteiger partial charge in [0.25, 0.3) is 0 Å². The zero-order valence-corrected chi connectivity index (χ0v) is 12.1. The number of aliphatic carboxylic acids is 1. The van der Waals surface area contributed by atoms with Crippen molar-refractivity contribution in [3.8, 4) is 0 Å². The summed E-state index contributed by atoms with van der Waals surface area (Å²) in [5.74, 6) is -2.18. The number of ketones is 1. The number of nitrogens with two attached hydrogens (primary N) is 5. The third kappa shape index (κ3) is 6.52. The van der Waals surface area contributed by atoms with E-state index in [0.29, 0.717) is 19.4 Å². The molecule has 0 spiro atoms. The van der Waals surface area contributed by atoms with Gasteiger partial charge in [0.05, 0.1) is 6.04 Å². The van der Waals surface area contributed by atoms with Crippen molar-refractivity contribution in [2.24, 2.45) is 33.7 Å². The normalized spacial score (nSPS) is 15.0. The number of unbranched alkanes of at least 4 members (excludes halogenated alkanes) is 1. The molecular formula is C12H26N6O3. The number of aliphatic imine (C=N–C) groups is 1. The number of hydrogen-bond acceptors (Lipinski definition) is 6. The molecule has 0 aromatic rings. The van der Waals surface area contributed by atoms with E-state index in [1.165, 1.54) is 0 Å². The fourth-order valence-corrected chi connectivity index (χ4v) is 1.87. The predicted molar refractivity (Wildman–Crippen MR) is 80.4 cm³/mol. The summed E-state index contributed by atoms with van der Waals surface area (Å²) in [5, 5.41) is 9.23. The van der Waals surface area contributed by atoms with E-state index in [-0.39, 0.29) is 25.3 Å². The van der Waals surface area contributed by atoms with E-state index < -0.39 is 23.3 Å². The number of carbonyl (C=O) groups excluding carboxylic acids is 1. The average molecular weight is 302 g/mol. The van der Waals surface area contributed by atoms with Crippen molar-refractivity contribution in [2.45, 2.75) is 43.7 Å². The average Bonchev–Trinajstić information content (AvgIpc) is 2.42. The number of nitrogens with zero attached hydrogens (tertiary/aromatic N) is 1. The lowest BCUT2D eigenvalue weighted by atomic mass is 9.84. The first-order chi connectivity index (χ1) is 9.75. The van der Waals surface area contributed by atoms with Crippen LogP contribution in [0.1, 0.15) is 32.1 Å². The number of rotatable bonds is 11. The second-order valence-electron chi connectivity index (χ2n) is 4.94. The summed E-state index contributed by atoms with van der Waals surface area (Å²) in [5.41, 5.74) is 25.1. The summed E-state index contributed by atoms with van der Waals surface area (Å²) in [7, 11) is 0. The molecule has 0 aliphatic rings. The van der Waals surface area contributed by atoms with Crippen molar-refractivity contribution in [1.82, 2.24) is 0 Å². The third-order valence-electron chi connectivity index (χ3n) is 3.15. The van der Waals surface area contributed by atoms with E-state index in [4.69, 9.17) is 28.7 Å². The minimum absolute atomic E-state index is 0.0808. The van der Waals surface area contributed by atoms with Crippen LogP contribution < -0.4 is 28.7 Å². The van der Waals surface area contributed by atoms with Gasteiger partial charge in [-0.1, -0.05) is 6.42 Å². The van der Waals surface area contributed by atoms with Crippen LogP contribution in [0.2, 0.25) is 0 Å². The van der Waals surface area contributed by atoms with Gasteiger partial charge in [-0.2, -0.15) is 0 Å². The van der Waals surface area contributed by atoms with Gasteiger partial charge in [0.15, 0.2) is 17.3 Å². The van der Waals surface area contributed by atoms with Crippen LogP contribution in [0.5, 0.6) is 0 Å². The van der Waals surface area contributed by atoms with E-state index in [9.17, 15) is 14.7 Å². The molecule has 0 unspecified atom stereocenters. The Bertz CT molecular complexity index is 383. The molecule has 0 heterocycles. The Kier molecular flexibility index (Phi) is 8.51. The summed E-state index contributed by atoms with van der Waals surface area (Å²) >= 11 is 0. The summed E-state index contributed by atoms with van der Waals surface area (Å²) < 4.78 is 0. The van der Waals surface area contributed by atoms with E-state index >= 15 is 0 Å². The van der Waals surface area contributed by atoms with Crippen molar-refractivity contribution >= 4 is 17.7 Å². The van der Waals surface area contributed by atoms with Gasteiger partial charge in [0.2, 0.25) is 0 Å². The minimum Gasteiger partial charge on any atom is -0.480 e. The van der Waals surface area contributed by atoms with Crippen LogP contribution in [-0.4, -0.2) is 47.5 Å². The first kappa shape index (κ1) is 19.3. The van der Waals surface area contributed by atoms with Crippen LogP contribution in [-0.2, 0) is 9.59 Å². The molecule has 9 nitrogen and oxygen atoms in total. The van der Waals surface area contributed by atoms with Crippen LogP contribution in [0.25, 0.3) is 0 Å². The van der Waals surface area contributed by atoms with Crippen molar-refractivity contribution in [3.63, 3.8) is 0 Å². The van der Waals surface area contributed by atoms with E-state index in [0.717, 1.165) is 6.42 Å².